The first-order valence-electron chi connectivity index (χ1n) is 11.1. The molecule has 0 amide bonds. The van der Waals surface area contributed by atoms with Crippen LogP contribution in [0, 0.1) is 8.99 Å². The quantitative estimate of drug-likeness (QED) is 0.382. The van der Waals surface area contributed by atoms with Gasteiger partial charge in [-0.15, -0.1) is 0 Å². The summed E-state index contributed by atoms with van der Waals surface area (Å²) in [5.41, 5.74) is 2.32. The van der Waals surface area contributed by atoms with Crippen LogP contribution < -0.4 is 4.74 Å². The number of ether oxygens (including phenoxy) is 1. The van der Waals surface area contributed by atoms with Crippen LogP contribution in [-0.4, -0.2) is 45.3 Å². The third kappa shape index (κ3) is 5.55. The number of hydrogen-bond acceptors (Lipinski definition) is 6. The molecule has 8 heteroatoms. The molecule has 1 saturated heterocycles. The number of aliphatic carboxylic acids is 1. The van der Waals surface area contributed by atoms with Gasteiger partial charge in [0, 0.05) is 17.7 Å². The molecule has 0 radical (unpaired) electrons. The second kappa shape index (κ2) is 9.80. The summed E-state index contributed by atoms with van der Waals surface area (Å²) in [5, 5.41) is 13.6. The smallest absolute Gasteiger partial charge is 0.309 e. The minimum absolute atomic E-state index is 0.113. The van der Waals surface area contributed by atoms with E-state index < -0.39 is 11.4 Å². The van der Waals surface area contributed by atoms with E-state index in [1.54, 1.807) is 0 Å². The van der Waals surface area contributed by atoms with Gasteiger partial charge in [0.1, 0.15) is 5.75 Å². The lowest BCUT2D eigenvalue weighted by atomic mass is 9.80. The molecule has 1 aromatic heterocycles. The zero-order valence-electron chi connectivity index (χ0n) is 19.0. The maximum Gasteiger partial charge on any atom is 0.309 e. The normalized spacial score (nSPS) is 16.2. The number of halogens is 1. The number of rotatable bonds is 7. The Morgan fingerprint density at radius 1 is 1.18 bits per heavy atom. The summed E-state index contributed by atoms with van der Waals surface area (Å²) < 4.78 is 12.3. The molecule has 7 nitrogen and oxygen atoms in total. The van der Waals surface area contributed by atoms with Crippen LogP contribution in [0.3, 0.4) is 0 Å². The SMILES string of the molecule is CC(C)Oc1ccc(-c2nc(-c3ccc(CN4CCC(C)(C(=O)O)CC4)cc3)no2)cc1I. The Morgan fingerprint density at radius 3 is 2.45 bits per heavy atom. The lowest BCUT2D eigenvalue weighted by Crippen LogP contribution is -2.42. The lowest BCUT2D eigenvalue weighted by molar-refractivity contribution is -0.150. The minimum atomic E-state index is -0.694. The third-order valence-electron chi connectivity index (χ3n) is 6.06. The number of hydrogen-bond donors (Lipinski definition) is 1. The van der Waals surface area contributed by atoms with E-state index >= 15 is 0 Å². The molecule has 0 aliphatic carbocycles. The van der Waals surface area contributed by atoms with Crippen molar-refractivity contribution in [2.75, 3.05) is 13.1 Å². The fourth-order valence-corrected chi connectivity index (χ4v) is 4.52. The molecular formula is C25H28IN3O4. The maximum atomic E-state index is 11.4. The third-order valence-corrected chi connectivity index (χ3v) is 6.90. The summed E-state index contributed by atoms with van der Waals surface area (Å²) in [7, 11) is 0. The average molecular weight is 561 g/mol. The zero-order chi connectivity index (χ0) is 23.6. The van der Waals surface area contributed by atoms with E-state index in [4.69, 9.17) is 9.26 Å². The van der Waals surface area contributed by atoms with Crippen LogP contribution in [0.5, 0.6) is 5.75 Å². The molecule has 0 unspecified atom stereocenters. The Kier molecular flexibility index (Phi) is 7.04. The highest BCUT2D eigenvalue weighted by atomic mass is 127. The van der Waals surface area contributed by atoms with Crippen molar-refractivity contribution >= 4 is 28.6 Å². The predicted molar refractivity (Wildman–Crippen MR) is 134 cm³/mol. The number of carboxylic acids is 1. The van der Waals surface area contributed by atoms with Crippen LogP contribution in [0.4, 0.5) is 0 Å². The van der Waals surface area contributed by atoms with Crippen LogP contribution in [0.1, 0.15) is 39.2 Å². The van der Waals surface area contributed by atoms with Crippen LogP contribution in [-0.2, 0) is 11.3 Å². The molecule has 174 valence electrons. The van der Waals surface area contributed by atoms with Gasteiger partial charge in [0.05, 0.1) is 15.1 Å². The molecule has 1 aliphatic rings. The number of carboxylic acid groups (broad SMARTS) is 1. The van der Waals surface area contributed by atoms with Crippen molar-refractivity contribution in [3.63, 3.8) is 0 Å². The van der Waals surface area contributed by atoms with Crippen LogP contribution in [0.15, 0.2) is 47.0 Å². The Hall–Kier alpha value is -2.46. The van der Waals surface area contributed by atoms with Gasteiger partial charge in [0.2, 0.25) is 5.82 Å². The fraction of sp³-hybridized carbons (Fsp3) is 0.400. The van der Waals surface area contributed by atoms with Gasteiger partial charge < -0.3 is 14.4 Å². The summed E-state index contributed by atoms with van der Waals surface area (Å²) in [6, 6.07) is 14.0. The fourth-order valence-electron chi connectivity index (χ4n) is 3.88. The van der Waals surface area contributed by atoms with Gasteiger partial charge >= 0.3 is 5.97 Å². The van der Waals surface area contributed by atoms with Crippen LogP contribution in [0.2, 0.25) is 0 Å². The average Bonchev–Trinajstić information content (AvgIpc) is 3.27. The summed E-state index contributed by atoms with van der Waals surface area (Å²) in [6.45, 7) is 8.23. The van der Waals surface area contributed by atoms with Gasteiger partial charge in [-0.05, 0) is 93.1 Å². The van der Waals surface area contributed by atoms with Crippen molar-refractivity contribution in [2.45, 2.75) is 46.3 Å². The number of piperidine rings is 1. The topological polar surface area (TPSA) is 88.7 Å². The monoisotopic (exact) mass is 561 g/mol. The molecule has 0 bridgehead atoms. The van der Waals surface area contributed by atoms with Gasteiger partial charge in [0.25, 0.3) is 5.89 Å². The van der Waals surface area contributed by atoms with E-state index in [1.165, 1.54) is 5.56 Å². The minimum Gasteiger partial charge on any atom is -0.490 e. The highest BCUT2D eigenvalue weighted by molar-refractivity contribution is 14.1. The van der Waals surface area contributed by atoms with Gasteiger partial charge in [-0.1, -0.05) is 29.4 Å². The largest absolute Gasteiger partial charge is 0.490 e. The Labute approximate surface area is 207 Å². The standard InChI is InChI=1S/C25H28IN3O4/c1-16(2)32-21-9-8-19(14-20(21)26)23-27-22(28-33-23)18-6-4-17(5-7-18)15-29-12-10-25(3,11-13-29)24(30)31/h4-9,14,16H,10-13,15H2,1-3H3,(H,30,31). The summed E-state index contributed by atoms with van der Waals surface area (Å²) in [6.07, 6.45) is 1.47. The summed E-state index contributed by atoms with van der Waals surface area (Å²) in [4.78, 5) is 18.3. The number of aromatic nitrogens is 2. The van der Waals surface area contributed by atoms with Crippen molar-refractivity contribution in [2.24, 2.45) is 5.41 Å². The first kappa shape index (κ1) is 23.7. The van der Waals surface area contributed by atoms with Gasteiger partial charge in [0.15, 0.2) is 0 Å². The number of nitrogens with zero attached hydrogens (tertiary/aromatic N) is 3. The molecule has 0 saturated carbocycles. The van der Waals surface area contributed by atoms with Gasteiger partial charge in [-0.3, -0.25) is 9.69 Å². The van der Waals surface area contributed by atoms with E-state index in [1.807, 2.05) is 51.1 Å². The van der Waals surface area contributed by atoms with E-state index in [2.05, 4.69) is 49.8 Å². The van der Waals surface area contributed by atoms with Crippen molar-refractivity contribution in [3.05, 3.63) is 51.6 Å². The Balaban J connectivity index is 1.40. The molecule has 1 N–H and O–H groups in total. The van der Waals surface area contributed by atoms with Crippen molar-refractivity contribution in [1.29, 1.82) is 0 Å². The molecule has 1 aliphatic heterocycles. The molecule has 2 aromatic carbocycles. The van der Waals surface area contributed by atoms with E-state index in [0.29, 0.717) is 24.6 Å². The number of likely N-dealkylation sites (tertiary alicyclic amines) is 1. The van der Waals surface area contributed by atoms with Crippen molar-refractivity contribution < 1.29 is 19.2 Å². The predicted octanol–water partition coefficient (Wildman–Crippen LogP) is 5.48. The van der Waals surface area contributed by atoms with Crippen molar-refractivity contribution in [1.82, 2.24) is 15.0 Å². The van der Waals surface area contributed by atoms with Gasteiger partial charge in [-0.25, -0.2) is 0 Å². The zero-order valence-corrected chi connectivity index (χ0v) is 21.2. The Morgan fingerprint density at radius 2 is 1.85 bits per heavy atom. The van der Waals surface area contributed by atoms with Crippen molar-refractivity contribution in [3.8, 4) is 28.6 Å². The first-order chi connectivity index (χ1) is 15.7. The molecule has 1 fully saturated rings. The molecule has 0 spiro atoms. The van der Waals surface area contributed by atoms with Crippen LogP contribution >= 0.6 is 22.6 Å². The van der Waals surface area contributed by atoms with E-state index in [-0.39, 0.29) is 6.10 Å². The molecule has 4 rings (SSSR count). The molecule has 33 heavy (non-hydrogen) atoms. The molecule has 2 heterocycles. The maximum absolute atomic E-state index is 11.4. The first-order valence-corrected chi connectivity index (χ1v) is 12.2. The molecular weight excluding hydrogens is 533 g/mol. The Bertz CT molecular complexity index is 1120. The number of carbonyl (C=O) groups is 1. The van der Waals surface area contributed by atoms with Crippen LogP contribution in [0.25, 0.3) is 22.8 Å². The lowest BCUT2D eigenvalue weighted by Gasteiger charge is -2.36. The second-order valence-electron chi connectivity index (χ2n) is 9.07. The summed E-state index contributed by atoms with van der Waals surface area (Å²) >= 11 is 2.25. The highest BCUT2D eigenvalue weighted by Crippen LogP contribution is 2.32. The second-order valence-corrected chi connectivity index (χ2v) is 10.2. The molecule has 0 atom stereocenters. The molecule has 3 aromatic rings. The van der Waals surface area contributed by atoms with E-state index in [9.17, 15) is 9.90 Å². The summed E-state index contributed by atoms with van der Waals surface area (Å²) in [5.74, 6) is 1.16. The highest BCUT2D eigenvalue weighted by Gasteiger charge is 2.36. The number of benzene rings is 2. The van der Waals surface area contributed by atoms with Gasteiger partial charge in [-0.2, -0.15) is 4.98 Å². The van der Waals surface area contributed by atoms with E-state index in [0.717, 1.165) is 40.1 Å².